The highest BCUT2D eigenvalue weighted by atomic mass is 35.5. The van der Waals surface area contributed by atoms with Gasteiger partial charge in [-0.25, -0.2) is 4.79 Å². The van der Waals surface area contributed by atoms with Gasteiger partial charge in [-0.05, 0) is 26.0 Å². The van der Waals surface area contributed by atoms with Crippen molar-refractivity contribution in [3.8, 4) is 5.75 Å². The summed E-state index contributed by atoms with van der Waals surface area (Å²) in [5.41, 5.74) is 0. The van der Waals surface area contributed by atoms with E-state index in [2.05, 4.69) is 5.32 Å². The van der Waals surface area contributed by atoms with E-state index in [1.54, 1.807) is 32.0 Å². The van der Waals surface area contributed by atoms with Gasteiger partial charge in [-0.15, -0.1) is 0 Å². The maximum absolute atomic E-state index is 11.6. The summed E-state index contributed by atoms with van der Waals surface area (Å²) in [5, 5.41) is 3.35. The molecule has 116 valence electrons. The number of hydrogen-bond donors (Lipinski definition) is 1. The van der Waals surface area contributed by atoms with Crippen LogP contribution in [-0.4, -0.2) is 31.1 Å². The fourth-order valence-corrected chi connectivity index (χ4v) is 1.76. The molecular formula is C14H17Cl2NO4. The van der Waals surface area contributed by atoms with Gasteiger partial charge in [0.1, 0.15) is 11.8 Å². The maximum atomic E-state index is 11.6. The van der Waals surface area contributed by atoms with Gasteiger partial charge in [0.25, 0.3) is 0 Å². The molecule has 1 N–H and O–H groups in total. The Kier molecular flexibility index (Phi) is 7.32. The van der Waals surface area contributed by atoms with Crippen molar-refractivity contribution < 1.29 is 19.1 Å². The third-order valence-electron chi connectivity index (χ3n) is 2.51. The van der Waals surface area contributed by atoms with Crippen molar-refractivity contribution in [2.24, 2.45) is 0 Å². The number of amides is 1. The highest BCUT2D eigenvalue weighted by molar-refractivity contribution is 6.42. The normalized spacial score (nSPS) is 11.6. The van der Waals surface area contributed by atoms with Crippen LogP contribution in [0.25, 0.3) is 0 Å². The molecule has 0 heterocycles. The Morgan fingerprint density at radius 1 is 1.29 bits per heavy atom. The van der Waals surface area contributed by atoms with Crippen molar-refractivity contribution in [1.29, 1.82) is 0 Å². The first-order valence-electron chi connectivity index (χ1n) is 6.48. The first-order chi connectivity index (χ1) is 9.93. The third kappa shape index (κ3) is 6.23. The Bertz CT molecular complexity index is 508. The van der Waals surface area contributed by atoms with Crippen molar-refractivity contribution in [2.75, 3.05) is 13.2 Å². The van der Waals surface area contributed by atoms with Crippen LogP contribution in [0.5, 0.6) is 5.75 Å². The second-order valence-electron chi connectivity index (χ2n) is 4.22. The van der Waals surface area contributed by atoms with Crippen molar-refractivity contribution in [1.82, 2.24) is 5.32 Å². The SMILES string of the molecule is CCOC(=O)C(C)NC(=O)CCOc1ccc(Cl)c(Cl)c1. The Morgan fingerprint density at radius 2 is 2.00 bits per heavy atom. The van der Waals surface area contributed by atoms with Crippen LogP contribution < -0.4 is 10.1 Å². The van der Waals surface area contributed by atoms with Crippen LogP contribution in [0.15, 0.2) is 18.2 Å². The van der Waals surface area contributed by atoms with Crippen molar-refractivity contribution in [3.63, 3.8) is 0 Å². The van der Waals surface area contributed by atoms with Crippen LogP contribution in [0, 0.1) is 0 Å². The predicted molar refractivity (Wildman–Crippen MR) is 80.8 cm³/mol. The van der Waals surface area contributed by atoms with Gasteiger partial charge >= 0.3 is 5.97 Å². The van der Waals surface area contributed by atoms with Gasteiger partial charge in [0.15, 0.2) is 0 Å². The van der Waals surface area contributed by atoms with E-state index in [1.165, 1.54) is 0 Å². The zero-order valence-electron chi connectivity index (χ0n) is 11.8. The summed E-state index contributed by atoms with van der Waals surface area (Å²) in [6, 6.07) is 4.17. The summed E-state index contributed by atoms with van der Waals surface area (Å²) in [4.78, 5) is 23.0. The monoisotopic (exact) mass is 333 g/mol. The van der Waals surface area contributed by atoms with E-state index >= 15 is 0 Å². The van der Waals surface area contributed by atoms with Crippen molar-refractivity contribution in [2.45, 2.75) is 26.3 Å². The summed E-state index contributed by atoms with van der Waals surface area (Å²) >= 11 is 11.6. The third-order valence-corrected chi connectivity index (χ3v) is 3.25. The Balaban J connectivity index is 2.33. The van der Waals surface area contributed by atoms with Crippen LogP contribution in [0.1, 0.15) is 20.3 Å². The molecule has 0 aliphatic carbocycles. The maximum Gasteiger partial charge on any atom is 0.328 e. The quantitative estimate of drug-likeness (QED) is 0.779. The van der Waals surface area contributed by atoms with Gasteiger partial charge in [-0.2, -0.15) is 0 Å². The minimum absolute atomic E-state index is 0.115. The number of rotatable bonds is 7. The first kappa shape index (κ1) is 17.6. The zero-order chi connectivity index (χ0) is 15.8. The zero-order valence-corrected chi connectivity index (χ0v) is 13.3. The number of carbonyl (C=O) groups excluding carboxylic acids is 2. The van der Waals surface area contributed by atoms with E-state index in [0.29, 0.717) is 15.8 Å². The molecule has 1 unspecified atom stereocenters. The van der Waals surface area contributed by atoms with Gasteiger partial charge in [0, 0.05) is 6.07 Å². The summed E-state index contributed by atoms with van der Waals surface area (Å²) < 4.78 is 10.2. The molecule has 1 amide bonds. The molecular weight excluding hydrogens is 317 g/mol. The summed E-state index contributed by atoms with van der Waals surface area (Å²) in [7, 11) is 0. The van der Waals surface area contributed by atoms with Gasteiger partial charge < -0.3 is 14.8 Å². The Hall–Kier alpha value is -1.46. The smallest absolute Gasteiger partial charge is 0.328 e. The van der Waals surface area contributed by atoms with E-state index < -0.39 is 12.0 Å². The highest BCUT2D eigenvalue weighted by Crippen LogP contribution is 2.26. The molecule has 5 nitrogen and oxygen atoms in total. The standard InChI is InChI=1S/C14H17Cl2NO4/c1-3-20-14(19)9(2)17-13(18)6-7-21-10-4-5-11(15)12(16)8-10/h4-5,8-9H,3,6-7H2,1-2H3,(H,17,18). The number of nitrogens with one attached hydrogen (secondary N) is 1. The Labute approximate surface area is 133 Å². The molecule has 0 fully saturated rings. The number of benzene rings is 1. The fourth-order valence-electron chi connectivity index (χ4n) is 1.47. The van der Waals surface area contributed by atoms with Crippen LogP contribution in [-0.2, 0) is 14.3 Å². The van der Waals surface area contributed by atoms with Crippen LogP contribution in [0.3, 0.4) is 0 Å². The second kappa shape index (κ2) is 8.74. The lowest BCUT2D eigenvalue weighted by Crippen LogP contribution is -2.40. The molecule has 0 aliphatic rings. The molecule has 0 aliphatic heterocycles. The predicted octanol–water partition coefficient (Wildman–Crippen LogP) is 2.83. The first-order valence-corrected chi connectivity index (χ1v) is 7.23. The number of hydrogen-bond acceptors (Lipinski definition) is 4. The Morgan fingerprint density at radius 3 is 2.62 bits per heavy atom. The fraction of sp³-hybridized carbons (Fsp3) is 0.429. The lowest BCUT2D eigenvalue weighted by Gasteiger charge is -2.13. The van der Waals surface area contributed by atoms with Crippen LogP contribution in [0.2, 0.25) is 10.0 Å². The van der Waals surface area contributed by atoms with E-state index in [0.717, 1.165) is 0 Å². The summed E-state index contributed by atoms with van der Waals surface area (Å²) in [6.45, 7) is 3.71. The second-order valence-corrected chi connectivity index (χ2v) is 5.03. The largest absolute Gasteiger partial charge is 0.493 e. The molecule has 0 radical (unpaired) electrons. The molecule has 1 atom stereocenters. The van der Waals surface area contributed by atoms with Crippen LogP contribution >= 0.6 is 23.2 Å². The molecule has 1 rings (SSSR count). The minimum Gasteiger partial charge on any atom is -0.493 e. The number of halogens is 2. The van der Waals surface area contributed by atoms with Gasteiger partial charge in [0.2, 0.25) is 5.91 Å². The average molecular weight is 334 g/mol. The highest BCUT2D eigenvalue weighted by Gasteiger charge is 2.16. The van der Waals surface area contributed by atoms with Crippen LogP contribution in [0.4, 0.5) is 0 Å². The lowest BCUT2D eigenvalue weighted by molar-refractivity contribution is -0.146. The summed E-state index contributed by atoms with van der Waals surface area (Å²) in [5.74, 6) is -0.234. The molecule has 21 heavy (non-hydrogen) atoms. The molecule has 0 spiro atoms. The van der Waals surface area contributed by atoms with Gasteiger partial charge in [-0.3, -0.25) is 4.79 Å². The molecule has 0 saturated carbocycles. The topological polar surface area (TPSA) is 64.6 Å². The van der Waals surface area contributed by atoms with E-state index in [-0.39, 0.29) is 25.5 Å². The minimum atomic E-state index is -0.678. The number of ether oxygens (including phenoxy) is 2. The van der Waals surface area contributed by atoms with E-state index in [4.69, 9.17) is 32.7 Å². The molecule has 1 aromatic rings. The van der Waals surface area contributed by atoms with Crippen molar-refractivity contribution >= 4 is 35.1 Å². The number of esters is 1. The summed E-state index contributed by atoms with van der Waals surface area (Å²) in [6.07, 6.45) is 0.115. The van der Waals surface area contributed by atoms with E-state index in [1.807, 2.05) is 0 Å². The average Bonchev–Trinajstić information content (AvgIpc) is 2.43. The van der Waals surface area contributed by atoms with Gasteiger partial charge in [0.05, 0.1) is 29.7 Å². The molecule has 0 saturated heterocycles. The number of carbonyl (C=O) groups is 2. The molecule has 7 heteroatoms. The molecule has 1 aromatic carbocycles. The molecule has 0 bridgehead atoms. The molecule has 0 aromatic heterocycles. The van der Waals surface area contributed by atoms with E-state index in [9.17, 15) is 9.59 Å². The lowest BCUT2D eigenvalue weighted by atomic mass is 10.3. The van der Waals surface area contributed by atoms with Gasteiger partial charge in [-0.1, -0.05) is 23.2 Å². The van der Waals surface area contributed by atoms with Crippen molar-refractivity contribution in [3.05, 3.63) is 28.2 Å².